The van der Waals surface area contributed by atoms with E-state index in [9.17, 15) is 0 Å². The van der Waals surface area contributed by atoms with Crippen LogP contribution in [0.1, 0.15) is 37.1 Å². The average Bonchev–Trinajstić information content (AvgIpc) is 3.40. The van der Waals surface area contributed by atoms with Crippen LogP contribution in [-0.4, -0.2) is 35.5 Å². The SMILES string of the molecule is CN=C(NCc1cn2ccccc2n1)NC(C)c1cccc(N2CCCC2)c1. The molecule has 0 saturated carbocycles. The molecule has 1 saturated heterocycles. The fraction of sp³-hybridized carbons (Fsp3) is 0.364. The second-order valence-corrected chi connectivity index (χ2v) is 7.28. The summed E-state index contributed by atoms with van der Waals surface area (Å²) in [5.74, 6) is 0.774. The number of fused-ring (bicyclic) bond motifs is 1. The van der Waals surface area contributed by atoms with Crippen molar-refractivity contribution in [1.29, 1.82) is 0 Å². The summed E-state index contributed by atoms with van der Waals surface area (Å²) in [6.07, 6.45) is 6.63. The Balaban J connectivity index is 1.38. The molecule has 0 aliphatic carbocycles. The zero-order valence-corrected chi connectivity index (χ0v) is 16.6. The molecular weight excluding hydrogens is 348 g/mol. The van der Waals surface area contributed by atoms with Crippen LogP contribution < -0.4 is 15.5 Å². The summed E-state index contributed by atoms with van der Waals surface area (Å²) in [6, 6.07) is 15.0. The van der Waals surface area contributed by atoms with Crippen molar-refractivity contribution in [2.75, 3.05) is 25.0 Å². The predicted octanol–water partition coefficient (Wildman–Crippen LogP) is 3.36. The normalized spacial score (nSPS) is 15.8. The molecule has 0 amide bonds. The molecule has 1 unspecified atom stereocenters. The van der Waals surface area contributed by atoms with Crippen molar-refractivity contribution < 1.29 is 0 Å². The van der Waals surface area contributed by atoms with Crippen LogP contribution in [0, 0.1) is 0 Å². The van der Waals surface area contributed by atoms with Crippen LogP contribution in [0.3, 0.4) is 0 Å². The van der Waals surface area contributed by atoms with Crippen molar-refractivity contribution in [3.63, 3.8) is 0 Å². The molecular formula is C22H28N6. The molecule has 28 heavy (non-hydrogen) atoms. The maximum atomic E-state index is 4.62. The van der Waals surface area contributed by atoms with Crippen LogP contribution in [0.15, 0.2) is 59.9 Å². The third kappa shape index (κ3) is 4.11. The quantitative estimate of drug-likeness (QED) is 0.530. The zero-order chi connectivity index (χ0) is 19.3. The van der Waals surface area contributed by atoms with Gasteiger partial charge in [-0.15, -0.1) is 0 Å². The summed E-state index contributed by atoms with van der Waals surface area (Å²) in [6.45, 7) is 5.11. The Kier molecular flexibility index (Phi) is 5.46. The number of aromatic nitrogens is 2. The number of imidazole rings is 1. The molecule has 146 valence electrons. The van der Waals surface area contributed by atoms with E-state index >= 15 is 0 Å². The van der Waals surface area contributed by atoms with E-state index in [2.05, 4.69) is 56.7 Å². The minimum atomic E-state index is 0.162. The van der Waals surface area contributed by atoms with Crippen molar-refractivity contribution in [2.24, 2.45) is 4.99 Å². The first kappa shape index (κ1) is 18.3. The fourth-order valence-electron chi connectivity index (χ4n) is 3.70. The van der Waals surface area contributed by atoms with E-state index in [0.29, 0.717) is 6.54 Å². The van der Waals surface area contributed by atoms with Gasteiger partial charge in [0.2, 0.25) is 0 Å². The summed E-state index contributed by atoms with van der Waals surface area (Å²) in [7, 11) is 1.80. The lowest BCUT2D eigenvalue weighted by Gasteiger charge is -2.22. The summed E-state index contributed by atoms with van der Waals surface area (Å²) in [5, 5.41) is 6.86. The molecule has 1 atom stereocenters. The highest BCUT2D eigenvalue weighted by Gasteiger charge is 2.14. The minimum absolute atomic E-state index is 0.162. The lowest BCUT2D eigenvalue weighted by molar-refractivity contribution is 0.683. The number of nitrogens with zero attached hydrogens (tertiary/aromatic N) is 4. The second-order valence-electron chi connectivity index (χ2n) is 7.28. The van der Waals surface area contributed by atoms with E-state index in [0.717, 1.165) is 30.4 Å². The smallest absolute Gasteiger partial charge is 0.191 e. The molecule has 1 aromatic carbocycles. The van der Waals surface area contributed by atoms with Gasteiger partial charge in [-0.25, -0.2) is 4.98 Å². The van der Waals surface area contributed by atoms with Gasteiger partial charge in [0, 0.05) is 38.2 Å². The van der Waals surface area contributed by atoms with Gasteiger partial charge >= 0.3 is 0 Å². The van der Waals surface area contributed by atoms with Crippen molar-refractivity contribution in [3.8, 4) is 0 Å². The number of pyridine rings is 1. The van der Waals surface area contributed by atoms with Gasteiger partial charge in [0.15, 0.2) is 5.96 Å². The highest BCUT2D eigenvalue weighted by molar-refractivity contribution is 5.80. The Morgan fingerprint density at radius 2 is 2.04 bits per heavy atom. The number of anilines is 1. The van der Waals surface area contributed by atoms with Gasteiger partial charge in [-0.2, -0.15) is 0 Å². The van der Waals surface area contributed by atoms with Crippen LogP contribution in [0.2, 0.25) is 0 Å². The van der Waals surface area contributed by atoms with E-state index in [-0.39, 0.29) is 6.04 Å². The standard InChI is InChI=1S/C22H28N6/c1-17(18-8-7-9-20(14-18)27-11-5-6-12-27)25-22(23-2)24-15-19-16-28-13-4-3-10-21(28)26-19/h3-4,7-10,13-14,16-17H,5-6,11-12,15H2,1-2H3,(H2,23,24,25). The number of hydrogen-bond donors (Lipinski definition) is 2. The summed E-state index contributed by atoms with van der Waals surface area (Å²) in [4.78, 5) is 11.5. The minimum Gasteiger partial charge on any atom is -0.372 e. The summed E-state index contributed by atoms with van der Waals surface area (Å²) >= 11 is 0. The van der Waals surface area contributed by atoms with E-state index < -0.39 is 0 Å². The van der Waals surface area contributed by atoms with E-state index in [1.54, 1.807) is 7.05 Å². The first-order chi connectivity index (χ1) is 13.7. The average molecular weight is 377 g/mol. The molecule has 1 aliphatic rings. The molecule has 1 fully saturated rings. The maximum absolute atomic E-state index is 4.62. The topological polar surface area (TPSA) is 57.0 Å². The van der Waals surface area contributed by atoms with Crippen molar-refractivity contribution >= 4 is 17.3 Å². The van der Waals surface area contributed by atoms with Crippen molar-refractivity contribution in [3.05, 3.63) is 66.1 Å². The highest BCUT2D eigenvalue weighted by Crippen LogP contribution is 2.23. The molecule has 0 radical (unpaired) electrons. The number of rotatable bonds is 5. The van der Waals surface area contributed by atoms with Crippen LogP contribution in [0.25, 0.3) is 5.65 Å². The Bertz CT molecular complexity index is 921. The Morgan fingerprint density at radius 1 is 1.18 bits per heavy atom. The van der Waals surface area contributed by atoms with E-state index in [4.69, 9.17) is 0 Å². The van der Waals surface area contributed by atoms with Gasteiger partial charge in [-0.3, -0.25) is 4.99 Å². The molecule has 2 aromatic heterocycles. The Hall–Kier alpha value is -3.02. The van der Waals surface area contributed by atoms with Crippen LogP contribution in [-0.2, 0) is 6.54 Å². The number of hydrogen-bond acceptors (Lipinski definition) is 3. The fourth-order valence-corrected chi connectivity index (χ4v) is 3.70. The van der Waals surface area contributed by atoms with Gasteiger partial charge in [0.1, 0.15) is 5.65 Å². The largest absolute Gasteiger partial charge is 0.372 e. The van der Waals surface area contributed by atoms with Crippen LogP contribution in [0.5, 0.6) is 0 Å². The number of nitrogens with one attached hydrogen (secondary N) is 2. The number of benzene rings is 1. The highest BCUT2D eigenvalue weighted by atomic mass is 15.2. The molecule has 3 aromatic rings. The third-order valence-electron chi connectivity index (χ3n) is 5.27. The van der Waals surface area contributed by atoms with Crippen LogP contribution >= 0.6 is 0 Å². The summed E-state index contributed by atoms with van der Waals surface area (Å²) < 4.78 is 2.03. The second kappa shape index (κ2) is 8.33. The van der Waals surface area contributed by atoms with Crippen molar-refractivity contribution in [2.45, 2.75) is 32.4 Å². The molecule has 6 heteroatoms. The maximum Gasteiger partial charge on any atom is 0.191 e. The predicted molar refractivity (Wildman–Crippen MR) is 115 cm³/mol. The van der Waals surface area contributed by atoms with E-state index in [1.807, 2.05) is 35.0 Å². The first-order valence-electron chi connectivity index (χ1n) is 9.97. The monoisotopic (exact) mass is 376 g/mol. The lowest BCUT2D eigenvalue weighted by Crippen LogP contribution is -2.38. The number of guanidine groups is 1. The molecule has 0 spiro atoms. The van der Waals surface area contributed by atoms with Gasteiger partial charge in [0.05, 0.1) is 18.3 Å². The molecule has 4 rings (SSSR count). The van der Waals surface area contributed by atoms with Crippen molar-refractivity contribution in [1.82, 2.24) is 20.0 Å². The summed E-state index contributed by atoms with van der Waals surface area (Å²) in [5.41, 5.74) is 4.52. The number of aliphatic imine (C=N–C) groups is 1. The van der Waals surface area contributed by atoms with E-state index in [1.165, 1.54) is 24.1 Å². The molecule has 6 nitrogen and oxygen atoms in total. The van der Waals surface area contributed by atoms with Gasteiger partial charge in [-0.1, -0.05) is 18.2 Å². The van der Waals surface area contributed by atoms with Gasteiger partial charge in [-0.05, 0) is 49.6 Å². The molecule has 2 N–H and O–H groups in total. The first-order valence-corrected chi connectivity index (χ1v) is 9.97. The van der Waals surface area contributed by atoms with Gasteiger partial charge in [0.25, 0.3) is 0 Å². The molecule has 1 aliphatic heterocycles. The molecule has 3 heterocycles. The lowest BCUT2D eigenvalue weighted by atomic mass is 10.1. The van der Waals surface area contributed by atoms with Gasteiger partial charge < -0.3 is 19.9 Å². The molecule has 0 bridgehead atoms. The zero-order valence-electron chi connectivity index (χ0n) is 16.6. The third-order valence-corrected chi connectivity index (χ3v) is 5.27. The Morgan fingerprint density at radius 3 is 2.82 bits per heavy atom. The van der Waals surface area contributed by atoms with Crippen LogP contribution in [0.4, 0.5) is 5.69 Å². The Labute approximate surface area is 166 Å².